The molecule has 0 aliphatic carbocycles. The molecule has 0 saturated carbocycles. The number of rotatable bonds is 19. The maximum absolute atomic E-state index is 13.1. The quantitative estimate of drug-likeness (QED) is 0.0880. The molecule has 0 unspecified atom stereocenters. The topological polar surface area (TPSA) is 125 Å². The second kappa shape index (κ2) is 16.8. The average Bonchev–Trinajstić information content (AvgIpc) is 2.88. The number of aromatic hydroxyl groups is 1. The summed E-state index contributed by atoms with van der Waals surface area (Å²) in [6.45, 7) is 9.85. The molecule has 0 bridgehead atoms. The minimum atomic E-state index is -4.16. The highest BCUT2D eigenvalue weighted by Crippen LogP contribution is 2.38. The number of halogens is 2. The van der Waals surface area contributed by atoms with E-state index in [1.54, 1.807) is 12.1 Å². The van der Waals surface area contributed by atoms with Gasteiger partial charge in [0.1, 0.15) is 0 Å². The smallest absolute Gasteiger partial charge is 0.321 e. The molecular weight excluding hydrogens is 617 g/mol. The molecule has 0 atom stereocenters. The first-order chi connectivity index (χ1) is 19.7. The summed E-state index contributed by atoms with van der Waals surface area (Å²) in [6.07, 6.45) is 11.2. The van der Waals surface area contributed by atoms with Crippen molar-refractivity contribution in [3.8, 4) is 5.75 Å². The van der Waals surface area contributed by atoms with E-state index >= 15 is 0 Å². The molecule has 0 spiro atoms. The summed E-state index contributed by atoms with van der Waals surface area (Å²) in [6, 6.07) is 5.86. The van der Waals surface area contributed by atoms with Gasteiger partial charge in [-0.05, 0) is 53.6 Å². The largest absolute Gasteiger partial charge is 0.505 e. The summed E-state index contributed by atoms with van der Waals surface area (Å²) < 4.78 is 59.8. The van der Waals surface area contributed by atoms with E-state index in [-0.39, 0.29) is 39.1 Å². The van der Waals surface area contributed by atoms with Gasteiger partial charge in [-0.15, -0.1) is 0 Å². The van der Waals surface area contributed by atoms with Gasteiger partial charge in [0.15, 0.2) is 5.75 Å². The van der Waals surface area contributed by atoms with Crippen molar-refractivity contribution < 1.29 is 21.9 Å². The molecule has 0 saturated heterocycles. The zero-order valence-corrected chi connectivity index (χ0v) is 28.5. The Kier molecular flexibility index (Phi) is 14.5. The van der Waals surface area contributed by atoms with Crippen molar-refractivity contribution in [3.63, 3.8) is 0 Å². The zero-order valence-electron chi connectivity index (χ0n) is 25.4. The van der Waals surface area contributed by atoms with Crippen molar-refractivity contribution >= 4 is 60.5 Å². The number of benzene rings is 2. The van der Waals surface area contributed by atoms with E-state index in [0.29, 0.717) is 28.9 Å². The van der Waals surface area contributed by atoms with Gasteiger partial charge >= 0.3 is 10.2 Å². The summed E-state index contributed by atoms with van der Waals surface area (Å²) in [5, 5.41) is 9.59. The van der Waals surface area contributed by atoms with Crippen molar-refractivity contribution in [2.75, 3.05) is 19.9 Å². The third-order valence-corrected chi connectivity index (χ3v) is 9.92. The van der Waals surface area contributed by atoms with Gasteiger partial charge < -0.3 is 5.11 Å². The van der Waals surface area contributed by atoms with Crippen LogP contribution >= 0.6 is 23.2 Å². The van der Waals surface area contributed by atoms with Crippen molar-refractivity contribution in [2.45, 2.75) is 111 Å². The highest BCUT2D eigenvalue weighted by molar-refractivity contribution is 7.94. The first-order valence-electron chi connectivity index (χ1n) is 14.8. The van der Waals surface area contributed by atoms with Gasteiger partial charge in [-0.1, -0.05) is 116 Å². The van der Waals surface area contributed by atoms with Crippen LogP contribution in [0.5, 0.6) is 5.75 Å². The molecule has 0 fully saturated rings. The molecule has 2 rings (SSSR count). The molecule has 0 heterocycles. The molecule has 2 aromatic rings. The SMILES string of the molecule is CCCCCCCCCCCCS(=O)(=O)Nc1cc(C(C)C)c(NS(=O)(=O)Nc2cc(Cl)c(O)c(Cl)c2)c(C(C)C)c1. The van der Waals surface area contributed by atoms with E-state index in [9.17, 15) is 21.9 Å². The van der Waals surface area contributed by atoms with E-state index in [4.69, 9.17) is 23.2 Å². The van der Waals surface area contributed by atoms with Gasteiger partial charge in [-0.3, -0.25) is 14.2 Å². The number of anilines is 3. The summed E-state index contributed by atoms with van der Waals surface area (Å²) in [5.41, 5.74) is 2.14. The van der Waals surface area contributed by atoms with Gasteiger partial charge in [0, 0.05) is 5.69 Å². The summed E-state index contributed by atoms with van der Waals surface area (Å²) in [7, 11) is -7.73. The van der Waals surface area contributed by atoms with Gasteiger partial charge in [-0.2, -0.15) is 8.42 Å². The fourth-order valence-electron chi connectivity index (χ4n) is 4.72. The zero-order chi connectivity index (χ0) is 31.5. The number of nitrogens with one attached hydrogen (secondary N) is 3. The fraction of sp³-hybridized carbons (Fsp3) is 0.600. The first kappa shape index (κ1) is 36.3. The molecule has 12 heteroatoms. The molecule has 0 aliphatic rings. The molecule has 42 heavy (non-hydrogen) atoms. The highest BCUT2D eigenvalue weighted by atomic mass is 35.5. The number of phenols is 1. The van der Waals surface area contributed by atoms with Crippen LogP contribution in [0.2, 0.25) is 10.0 Å². The third-order valence-electron chi connectivity index (χ3n) is 6.99. The van der Waals surface area contributed by atoms with Crippen LogP contribution < -0.4 is 14.2 Å². The lowest BCUT2D eigenvalue weighted by Gasteiger charge is -2.23. The van der Waals surface area contributed by atoms with Crippen molar-refractivity contribution in [1.29, 1.82) is 0 Å². The lowest BCUT2D eigenvalue weighted by Crippen LogP contribution is -2.24. The molecule has 0 aromatic heterocycles. The Balaban J connectivity index is 2.13. The molecule has 4 N–H and O–H groups in total. The normalized spacial score (nSPS) is 12.2. The second-order valence-electron chi connectivity index (χ2n) is 11.4. The molecule has 0 radical (unpaired) electrons. The van der Waals surface area contributed by atoms with Gasteiger partial charge in [0.25, 0.3) is 0 Å². The summed E-state index contributed by atoms with van der Waals surface area (Å²) in [4.78, 5) is 0. The van der Waals surface area contributed by atoms with E-state index in [1.165, 1.54) is 50.7 Å². The summed E-state index contributed by atoms with van der Waals surface area (Å²) >= 11 is 11.9. The van der Waals surface area contributed by atoms with Crippen molar-refractivity contribution in [2.24, 2.45) is 0 Å². The van der Waals surface area contributed by atoms with E-state index in [0.717, 1.165) is 19.3 Å². The Hall–Kier alpha value is -1.88. The Morgan fingerprint density at radius 2 is 1.10 bits per heavy atom. The Labute approximate surface area is 263 Å². The van der Waals surface area contributed by atoms with E-state index < -0.39 is 20.2 Å². The maximum Gasteiger partial charge on any atom is 0.321 e. The molecule has 2 aromatic carbocycles. The predicted molar refractivity (Wildman–Crippen MR) is 178 cm³/mol. The molecule has 0 aliphatic heterocycles. The standard InChI is InChI=1S/C30H47Cl2N3O5S2/c1-6-7-8-9-10-11-12-13-14-15-16-41(37,38)33-23-17-25(21(2)3)29(26(18-23)22(4)5)35-42(39,40)34-24-19-27(31)30(36)28(32)20-24/h17-22,33-36H,6-16H2,1-5H3. The van der Waals surface area contributed by atoms with E-state index in [1.807, 2.05) is 27.7 Å². The molecule has 238 valence electrons. The fourth-order valence-corrected chi connectivity index (χ4v) is 7.36. The van der Waals surface area contributed by atoms with Crippen LogP contribution in [0.1, 0.15) is 122 Å². The molecule has 8 nitrogen and oxygen atoms in total. The van der Waals surface area contributed by atoms with Crippen molar-refractivity contribution in [1.82, 2.24) is 0 Å². The van der Waals surface area contributed by atoms with Crippen LogP contribution in [-0.2, 0) is 20.2 Å². The van der Waals surface area contributed by atoms with Gasteiger partial charge in [0.05, 0.1) is 27.2 Å². The lowest BCUT2D eigenvalue weighted by molar-refractivity contribution is 0.476. The third kappa shape index (κ3) is 12.0. The van der Waals surface area contributed by atoms with Crippen LogP contribution in [0, 0.1) is 0 Å². The van der Waals surface area contributed by atoms with Crippen molar-refractivity contribution in [3.05, 3.63) is 45.4 Å². The first-order valence-corrected chi connectivity index (χ1v) is 18.7. The highest BCUT2D eigenvalue weighted by Gasteiger charge is 2.23. The lowest BCUT2D eigenvalue weighted by atomic mass is 9.92. The number of unbranched alkanes of at least 4 members (excludes halogenated alkanes) is 9. The number of hydrogen-bond donors (Lipinski definition) is 4. The molecular formula is C30H47Cl2N3O5S2. The van der Waals surface area contributed by atoms with E-state index in [2.05, 4.69) is 21.1 Å². The Bertz CT molecular complexity index is 1330. The average molecular weight is 665 g/mol. The van der Waals surface area contributed by atoms with Crippen LogP contribution in [-0.4, -0.2) is 27.7 Å². The second-order valence-corrected chi connectivity index (χ2v) is 15.5. The summed E-state index contributed by atoms with van der Waals surface area (Å²) in [5.74, 6) is -0.550. The minimum Gasteiger partial charge on any atom is -0.505 e. The van der Waals surface area contributed by atoms with Crippen LogP contribution in [0.15, 0.2) is 24.3 Å². The Morgan fingerprint density at radius 1 is 0.667 bits per heavy atom. The van der Waals surface area contributed by atoms with Crippen LogP contribution in [0.3, 0.4) is 0 Å². The molecule has 0 amide bonds. The van der Waals surface area contributed by atoms with Crippen LogP contribution in [0.4, 0.5) is 17.1 Å². The Morgan fingerprint density at radius 3 is 1.55 bits per heavy atom. The maximum atomic E-state index is 13.1. The monoisotopic (exact) mass is 663 g/mol. The predicted octanol–water partition coefficient (Wildman–Crippen LogP) is 9.38. The number of phenolic OH excluding ortho intramolecular Hbond substituents is 1. The number of sulfonamides is 1. The number of hydrogen-bond acceptors (Lipinski definition) is 5. The van der Waals surface area contributed by atoms with Gasteiger partial charge in [0.2, 0.25) is 10.0 Å². The minimum absolute atomic E-state index is 0.0353. The van der Waals surface area contributed by atoms with Gasteiger partial charge in [-0.25, -0.2) is 8.42 Å². The van der Waals surface area contributed by atoms with Crippen LogP contribution in [0.25, 0.3) is 0 Å².